The van der Waals surface area contributed by atoms with E-state index in [0.29, 0.717) is 12.2 Å². The number of hydrogen-bond acceptors (Lipinski definition) is 4. The summed E-state index contributed by atoms with van der Waals surface area (Å²) in [7, 11) is 0. The number of aromatic nitrogens is 3. The number of nitrogens with two attached hydrogens (primary N) is 1. The zero-order chi connectivity index (χ0) is 14.4. The number of benzene rings is 1. The minimum Gasteiger partial charge on any atom is -0.383 e. The summed E-state index contributed by atoms with van der Waals surface area (Å²) in [5.41, 5.74) is 10.7. The van der Waals surface area contributed by atoms with Crippen molar-refractivity contribution in [2.45, 2.75) is 12.8 Å². The normalized spacial score (nSPS) is 14.0. The quantitative estimate of drug-likeness (QED) is 0.712. The molecular weight excluding hydrogens is 266 g/mol. The molecule has 0 saturated heterocycles. The number of nitrogens with zero attached hydrogens (tertiary/aromatic N) is 3. The van der Waals surface area contributed by atoms with Gasteiger partial charge in [-0.2, -0.15) is 9.61 Å². The van der Waals surface area contributed by atoms with E-state index < -0.39 is 0 Å². The lowest BCUT2D eigenvalue weighted by molar-refractivity contribution is -0.116. The molecule has 3 aromatic rings. The molecule has 21 heavy (non-hydrogen) atoms. The van der Waals surface area contributed by atoms with E-state index in [1.165, 1.54) is 0 Å². The van der Waals surface area contributed by atoms with Crippen LogP contribution in [-0.4, -0.2) is 20.5 Å². The minimum absolute atomic E-state index is 0.0643. The van der Waals surface area contributed by atoms with E-state index in [-0.39, 0.29) is 5.91 Å². The highest BCUT2D eigenvalue weighted by atomic mass is 16.1. The first-order valence-electron chi connectivity index (χ1n) is 6.74. The zero-order valence-corrected chi connectivity index (χ0v) is 11.2. The third kappa shape index (κ3) is 1.84. The number of carbonyl (C=O) groups excluding carboxylic acids is 1. The molecule has 0 saturated carbocycles. The molecule has 0 atom stereocenters. The van der Waals surface area contributed by atoms with Crippen molar-refractivity contribution in [1.29, 1.82) is 0 Å². The van der Waals surface area contributed by atoms with Crippen LogP contribution in [0.5, 0.6) is 0 Å². The van der Waals surface area contributed by atoms with E-state index in [1.807, 2.05) is 18.2 Å². The Hall–Kier alpha value is -2.89. The van der Waals surface area contributed by atoms with Gasteiger partial charge < -0.3 is 11.1 Å². The van der Waals surface area contributed by atoms with Gasteiger partial charge >= 0.3 is 0 Å². The summed E-state index contributed by atoms with van der Waals surface area (Å²) in [6.45, 7) is 0. The third-order valence-corrected chi connectivity index (χ3v) is 3.76. The lowest BCUT2D eigenvalue weighted by atomic mass is 9.98. The average Bonchev–Trinajstić information content (AvgIpc) is 2.97. The van der Waals surface area contributed by atoms with Crippen molar-refractivity contribution < 1.29 is 4.79 Å². The van der Waals surface area contributed by atoms with Crippen molar-refractivity contribution in [3.05, 3.63) is 42.2 Å². The standard InChI is InChI=1S/C15H13N5O/c16-15-11(8-17-13-5-6-18-20(13)15)9-1-3-12-10(7-9)2-4-14(21)19-12/h1,3,5-8H,2,4,16H2,(H,19,21). The average molecular weight is 279 g/mol. The number of nitrogen functional groups attached to an aromatic ring is 1. The molecule has 6 heteroatoms. The molecule has 3 heterocycles. The second-order valence-corrected chi connectivity index (χ2v) is 5.08. The summed E-state index contributed by atoms with van der Waals surface area (Å²) in [6, 6.07) is 7.71. The van der Waals surface area contributed by atoms with Crippen LogP contribution in [0, 0.1) is 0 Å². The second kappa shape index (κ2) is 4.31. The maximum Gasteiger partial charge on any atom is 0.224 e. The summed E-state index contributed by atoms with van der Waals surface area (Å²) in [6.07, 6.45) is 4.69. The van der Waals surface area contributed by atoms with Crippen LogP contribution in [0.1, 0.15) is 12.0 Å². The lowest BCUT2D eigenvalue weighted by Gasteiger charge is -2.18. The Balaban J connectivity index is 1.85. The molecule has 0 radical (unpaired) electrons. The summed E-state index contributed by atoms with van der Waals surface area (Å²) >= 11 is 0. The fourth-order valence-electron chi connectivity index (χ4n) is 2.66. The Morgan fingerprint density at radius 2 is 2.14 bits per heavy atom. The van der Waals surface area contributed by atoms with Crippen LogP contribution in [0.2, 0.25) is 0 Å². The number of carbonyl (C=O) groups is 1. The van der Waals surface area contributed by atoms with Crippen LogP contribution in [-0.2, 0) is 11.2 Å². The largest absolute Gasteiger partial charge is 0.383 e. The first-order chi connectivity index (χ1) is 10.2. The molecule has 104 valence electrons. The fourth-order valence-corrected chi connectivity index (χ4v) is 2.66. The van der Waals surface area contributed by atoms with E-state index in [4.69, 9.17) is 5.73 Å². The Morgan fingerprint density at radius 1 is 1.24 bits per heavy atom. The van der Waals surface area contributed by atoms with E-state index in [9.17, 15) is 4.79 Å². The van der Waals surface area contributed by atoms with Crippen LogP contribution in [0.3, 0.4) is 0 Å². The molecule has 1 aromatic carbocycles. The van der Waals surface area contributed by atoms with E-state index >= 15 is 0 Å². The van der Waals surface area contributed by atoms with Crippen molar-refractivity contribution in [3.63, 3.8) is 0 Å². The maximum absolute atomic E-state index is 11.4. The smallest absolute Gasteiger partial charge is 0.224 e. The monoisotopic (exact) mass is 279 g/mol. The molecule has 0 aliphatic carbocycles. The molecule has 3 N–H and O–H groups in total. The highest BCUT2D eigenvalue weighted by Gasteiger charge is 2.16. The molecule has 1 aliphatic heterocycles. The van der Waals surface area contributed by atoms with E-state index in [1.54, 1.807) is 16.9 Å². The van der Waals surface area contributed by atoms with Crippen LogP contribution in [0.4, 0.5) is 11.5 Å². The number of amides is 1. The Bertz CT molecular complexity index is 868. The van der Waals surface area contributed by atoms with Crippen molar-refractivity contribution in [2.24, 2.45) is 0 Å². The molecule has 1 aliphatic rings. The maximum atomic E-state index is 11.4. The van der Waals surface area contributed by atoms with Gasteiger partial charge in [0.1, 0.15) is 5.82 Å². The summed E-state index contributed by atoms with van der Waals surface area (Å²) in [4.78, 5) is 15.8. The molecule has 6 nitrogen and oxygen atoms in total. The van der Waals surface area contributed by atoms with Crippen molar-refractivity contribution >= 4 is 23.1 Å². The number of anilines is 2. The van der Waals surface area contributed by atoms with Crippen LogP contribution >= 0.6 is 0 Å². The second-order valence-electron chi connectivity index (χ2n) is 5.08. The van der Waals surface area contributed by atoms with Gasteiger partial charge in [0.05, 0.1) is 6.20 Å². The highest BCUT2D eigenvalue weighted by Crippen LogP contribution is 2.31. The van der Waals surface area contributed by atoms with Gasteiger partial charge in [-0.15, -0.1) is 0 Å². The number of rotatable bonds is 1. The zero-order valence-electron chi connectivity index (χ0n) is 11.2. The predicted octanol–water partition coefficient (Wildman–Crippen LogP) is 1.86. The topological polar surface area (TPSA) is 85.3 Å². The summed E-state index contributed by atoms with van der Waals surface area (Å²) < 4.78 is 1.62. The molecule has 0 spiro atoms. The Kier molecular flexibility index (Phi) is 2.44. The lowest BCUT2D eigenvalue weighted by Crippen LogP contribution is -2.18. The first-order valence-corrected chi connectivity index (χ1v) is 6.74. The van der Waals surface area contributed by atoms with Gasteiger partial charge in [-0.05, 0) is 29.7 Å². The van der Waals surface area contributed by atoms with Crippen molar-refractivity contribution in [1.82, 2.24) is 14.6 Å². The van der Waals surface area contributed by atoms with Crippen LogP contribution < -0.4 is 11.1 Å². The van der Waals surface area contributed by atoms with E-state index in [2.05, 4.69) is 21.5 Å². The van der Waals surface area contributed by atoms with Gasteiger partial charge in [-0.3, -0.25) is 4.79 Å². The Labute approximate surface area is 120 Å². The molecule has 1 amide bonds. The van der Waals surface area contributed by atoms with E-state index in [0.717, 1.165) is 34.4 Å². The van der Waals surface area contributed by atoms with Gasteiger partial charge in [0.25, 0.3) is 0 Å². The minimum atomic E-state index is 0.0643. The van der Waals surface area contributed by atoms with Gasteiger partial charge in [-0.25, -0.2) is 4.98 Å². The predicted molar refractivity (Wildman–Crippen MR) is 79.8 cm³/mol. The third-order valence-electron chi connectivity index (χ3n) is 3.76. The number of hydrogen-bond donors (Lipinski definition) is 2. The molecule has 0 unspecified atom stereocenters. The van der Waals surface area contributed by atoms with Crippen LogP contribution in [0.25, 0.3) is 16.8 Å². The number of aryl methyl sites for hydroxylation is 1. The van der Waals surface area contributed by atoms with Crippen molar-refractivity contribution in [3.8, 4) is 11.1 Å². The van der Waals surface area contributed by atoms with Gasteiger partial charge in [0.2, 0.25) is 5.91 Å². The van der Waals surface area contributed by atoms with Crippen molar-refractivity contribution in [2.75, 3.05) is 11.1 Å². The highest BCUT2D eigenvalue weighted by molar-refractivity contribution is 5.94. The SMILES string of the molecule is Nc1c(-c2ccc3c(c2)CCC(=O)N3)cnc2ccnn12. The molecule has 0 bridgehead atoms. The summed E-state index contributed by atoms with van der Waals surface area (Å²) in [5, 5.41) is 7.05. The van der Waals surface area contributed by atoms with Crippen LogP contribution in [0.15, 0.2) is 36.7 Å². The first kappa shape index (κ1) is 11.9. The fraction of sp³-hybridized carbons (Fsp3) is 0.133. The molecule has 2 aromatic heterocycles. The van der Waals surface area contributed by atoms with Gasteiger partial charge in [-0.1, -0.05) is 6.07 Å². The van der Waals surface area contributed by atoms with Gasteiger partial charge in [0.15, 0.2) is 5.65 Å². The van der Waals surface area contributed by atoms with Gasteiger partial charge in [0, 0.05) is 29.9 Å². The molecule has 0 fully saturated rings. The molecular formula is C15H13N5O. The molecule has 4 rings (SSSR count). The number of fused-ring (bicyclic) bond motifs is 2. The number of nitrogens with one attached hydrogen (secondary N) is 1. The summed E-state index contributed by atoms with van der Waals surface area (Å²) in [5.74, 6) is 0.624. The Morgan fingerprint density at radius 3 is 3.05 bits per heavy atom.